The fourth-order valence-corrected chi connectivity index (χ4v) is 3.08. The number of aromatic amines is 1. The Bertz CT molecular complexity index is 1090. The van der Waals surface area contributed by atoms with Crippen LogP contribution in [0.5, 0.6) is 11.5 Å². The zero-order valence-electron chi connectivity index (χ0n) is 15.4. The second kappa shape index (κ2) is 7.19. The van der Waals surface area contributed by atoms with Crippen molar-refractivity contribution in [2.24, 2.45) is 0 Å². The zero-order valence-corrected chi connectivity index (χ0v) is 15.4. The first-order valence-corrected chi connectivity index (χ1v) is 8.91. The first-order chi connectivity index (χ1) is 13.5. The summed E-state index contributed by atoms with van der Waals surface area (Å²) in [5, 5.41) is 2.85. The van der Waals surface area contributed by atoms with E-state index in [-0.39, 0.29) is 11.5 Å². The number of nitrogens with zero attached hydrogens (tertiary/aromatic N) is 1. The van der Waals surface area contributed by atoms with Gasteiger partial charge in [0, 0.05) is 23.0 Å². The molecular weight excluding hydrogens is 358 g/mol. The average Bonchev–Trinajstić information content (AvgIpc) is 2.67. The van der Waals surface area contributed by atoms with Crippen molar-refractivity contribution in [2.75, 3.05) is 5.32 Å². The standard InChI is InChI=1S/C21H19N3O4/c1-12-10-18(25)24-20(22-12)14-6-5-7-15(11-14)23-21(26)19-13(2)27-16-8-3-4-9-17(16)28-19/h3-11,13,19H,1-2H3,(H,23,26)(H,22,24,25)/t13-,19+/m0/s1. The lowest BCUT2D eigenvalue weighted by atomic mass is 10.1. The van der Waals surface area contributed by atoms with Gasteiger partial charge >= 0.3 is 0 Å². The van der Waals surface area contributed by atoms with E-state index in [1.165, 1.54) is 6.07 Å². The number of rotatable bonds is 3. The molecule has 1 aromatic heterocycles. The van der Waals surface area contributed by atoms with Crippen LogP contribution < -0.4 is 20.3 Å². The first kappa shape index (κ1) is 17.8. The number of nitrogens with one attached hydrogen (secondary N) is 2. The maximum atomic E-state index is 12.8. The lowest BCUT2D eigenvalue weighted by Gasteiger charge is -2.31. The number of amides is 1. The van der Waals surface area contributed by atoms with Crippen molar-refractivity contribution in [2.45, 2.75) is 26.1 Å². The van der Waals surface area contributed by atoms with Crippen molar-refractivity contribution < 1.29 is 14.3 Å². The molecule has 1 aliphatic heterocycles. The van der Waals surface area contributed by atoms with E-state index in [0.29, 0.717) is 34.3 Å². The van der Waals surface area contributed by atoms with Gasteiger partial charge < -0.3 is 19.8 Å². The third-order valence-electron chi connectivity index (χ3n) is 4.37. The van der Waals surface area contributed by atoms with Crippen LogP contribution in [0.15, 0.2) is 59.4 Å². The minimum Gasteiger partial charge on any atom is -0.482 e. The maximum Gasteiger partial charge on any atom is 0.269 e. The fraction of sp³-hybridized carbons (Fsp3) is 0.190. The molecule has 2 aromatic carbocycles. The third-order valence-corrected chi connectivity index (χ3v) is 4.37. The van der Waals surface area contributed by atoms with Crippen molar-refractivity contribution in [3.63, 3.8) is 0 Å². The van der Waals surface area contributed by atoms with Gasteiger partial charge in [0.05, 0.1) is 0 Å². The predicted octanol–water partition coefficient (Wildman–Crippen LogP) is 2.91. The quantitative estimate of drug-likeness (QED) is 0.732. The van der Waals surface area contributed by atoms with Gasteiger partial charge in [0.2, 0.25) is 6.10 Å². The Kier molecular flexibility index (Phi) is 4.57. The molecule has 2 atom stereocenters. The predicted molar refractivity (Wildman–Crippen MR) is 105 cm³/mol. The maximum absolute atomic E-state index is 12.8. The highest BCUT2D eigenvalue weighted by Gasteiger charge is 2.34. The molecule has 2 N–H and O–H groups in total. The zero-order chi connectivity index (χ0) is 19.7. The lowest BCUT2D eigenvalue weighted by Crippen LogP contribution is -2.46. The highest BCUT2D eigenvalue weighted by Crippen LogP contribution is 2.33. The number of H-pyrrole nitrogens is 1. The highest BCUT2D eigenvalue weighted by atomic mass is 16.6. The normalized spacial score (nSPS) is 17.8. The molecule has 28 heavy (non-hydrogen) atoms. The van der Waals surface area contributed by atoms with Crippen molar-refractivity contribution in [1.29, 1.82) is 0 Å². The van der Waals surface area contributed by atoms with Crippen molar-refractivity contribution in [3.05, 3.63) is 70.6 Å². The number of benzene rings is 2. The van der Waals surface area contributed by atoms with E-state index in [2.05, 4.69) is 15.3 Å². The lowest BCUT2D eigenvalue weighted by molar-refractivity contribution is -0.128. The molecule has 1 amide bonds. The van der Waals surface area contributed by atoms with Crippen LogP contribution in [-0.2, 0) is 4.79 Å². The number of fused-ring (bicyclic) bond motifs is 1. The second-order valence-electron chi connectivity index (χ2n) is 6.61. The number of carbonyl (C=O) groups is 1. The van der Waals surface area contributed by atoms with Gasteiger partial charge in [-0.1, -0.05) is 24.3 Å². The van der Waals surface area contributed by atoms with Gasteiger partial charge in [-0.05, 0) is 38.1 Å². The molecule has 7 nitrogen and oxygen atoms in total. The minimum atomic E-state index is -0.782. The van der Waals surface area contributed by atoms with Gasteiger partial charge in [-0.25, -0.2) is 4.98 Å². The molecule has 7 heteroatoms. The van der Waals surface area contributed by atoms with Gasteiger partial charge in [-0.2, -0.15) is 0 Å². The molecule has 0 aliphatic carbocycles. The van der Waals surface area contributed by atoms with E-state index >= 15 is 0 Å². The molecule has 0 radical (unpaired) electrons. The van der Waals surface area contributed by atoms with Crippen molar-refractivity contribution >= 4 is 11.6 Å². The summed E-state index contributed by atoms with van der Waals surface area (Å²) in [4.78, 5) is 31.5. The van der Waals surface area contributed by atoms with E-state index in [4.69, 9.17) is 9.47 Å². The summed E-state index contributed by atoms with van der Waals surface area (Å²) in [7, 11) is 0. The van der Waals surface area contributed by atoms with Crippen LogP contribution in [0, 0.1) is 6.92 Å². The minimum absolute atomic E-state index is 0.225. The molecule has 0 spiro atoms. The number of aryl methyl sites for hydroxylation is 1. The Morgan fingerprint density at radius 3 is 2.57 bits per heavy atom. The van der Waals surface area contributed by atoms with E-state index in [1.807, 2.05) is 18.2 Å². The van der Waals surface area contributed by atoms with Crippen LogP contribution in [0.3, 0.4) is 0 Å². The molecule has 0 saturated heterocycles. The number of anilines is 1. The molecule has 142 valence electrons. The Morgan fingerprint density at radius 2 is 1.82 bits per heavy atom. The van der Waals surface area contributed by atoms with Crippen LogP contribution in [0.4, 0.5) is 5.69 Å². The number of aromatic nitrogens is 2. The van der Waals surface area contributed by atoms with E-state index in [9.17, 15) is 9.59 Å². The van der Waals surface area contributed by atoms with Gasteiger partial charge in [0.1, 0.15) is 11.9 Å². The summed E-state index contributed by atoms with van der Waals surface area (Å²) in [6, 6.07) is 15.8. The van der Waals surface area contributed by atoms with Crippen LogP contribution >= 0.6 is 0 Å². The van der Waals surface area contributed by atoms with Crippen LogP contribution in [0.1, 0.15) is 12.6 Å². The molecule has 1 aliphatic rings. The highest BCUT2D eigenvalue weighted by molar-refractivity contribution is 5.95. The van der Waals surface area contributed by atoms with E-state index in [0.717, 1.165) is 0 Å². The van der Waals surface area contributed by atoms with E-state index in [1.54, 1.807) is 44.2 Å². The van der Waals surface area contributed by atoms with Gasteiger partial charge in [-0.15, -0.1) is 0 Å². The summed E-state index contributed by atoms with van der Waals surface area (Å²) in [6.07, 6.45) is -1.22. The summed E-state index contributed by atoms with van der Waals surface area (Å²) >= 11 is 0. The molecule has 2 heterocycles. The van der Waals surface area contributed by atoms with Crippen LogP contribution in [0.2, 0.25) is 0 Å². The first-order valence-electron chi connectivity index (χ1n) is 8.91. The monoisotopic (exact) mass is 377 g/mol. The Labute approximate surface area is 161 Å². The number of hydrogen-bond donors (Lipinski definition) is 2. The van der Waals surface area contributed by atoms with Gasteiger partial charge in [0.25, 0.3) is 11.5 Å². The third kappa shape index (κ3) is 3.59. The molecule has 0 unspecified atom stereocenters. The number of para-hydroxylation sites is 2. The summed E-state index contributed by atoms with van der Waals surface area (Å²) in [5.74, 6) is 1.29. The summed E-state index contributed by atoms with van der Waals surface area (Å²) < 4.78 is 11.6. The Balaban J connectivity index is 1.55. The molecule has 3 aromatic rings. The van der Waals surface area contributed by atoms with Crippen LogP contribution in [-0.4, -0.2) is 28.1 Å². The van der Waals surface area contributed by atoms with Gasteiger partial charge in [0.15, 0.2) is 11.5 Å². The Hall–Kier alpha value is -3.61. The fourth-order valence-electron chi connectivity index (χ4n) is 3.08. The van der Waals surface area contributed by atoms with Crippen molar-refractivity contribution in [1.82, 2.24) is 9.97 Å². The molecule has 0 bridgehead atoms. The largest absolute Gasteiger partial charge is 0.482 e. The molecule has 0 saturated carbocycles. The van der Waals surface area contributed by atoms with E-state index < -0.39 is 12.2 Å². The van der Waals surface area contributed by atoms with Crippen LogP contribution in [0.25, 0.3) is 11.4 Å². The molecule has 4 rings (SSSR count). The second-order valence-corrected chi connectivity index (χ2v) is 6.61. The summed E-state index contributed by atoms with van der Waals surface area (Å²) in [6.45, 7) is 3.54. The average molecular weight is 377 g/mol. The SMILES string of the molecule is Cc1cc(=O)[nH]c(-c2cccc(NC(=O)[C@@H]3Oc4ccccc4O[C@H]3C)c2)n1. The topological polar surface area (TPSA) is 93.3 Å². The molecular formula is C21H19N3O4. The smallest absolute Gasteiger partial charge is 0.269 e. The number of hydrogen-bond acceptors (Lipinski definition) is 5. The number of carbonyl (C=O) groups excluding carboxylic acids is 1. The van der Waals surface area contributed by atoms with Gasteiger partial charge in [-0.3, -0.25) is 9.59 Å². The summed E-state index contributed by atoms with van der Waals surface area (Å²) in [5.41, 5.74) is 1.66. The number of ether oxygens (including phenoxy) is 2. The molecule has 0 fully saturated rings. The van der Waals surface area contributed by atoms with Crippen molar-refractivity contribution in [3.8, 4) is 22.9 Å². The Morgan fingerprint density at radius 1 is 1.07 bits per heavy atom.